The maximum atomic E-state index is 4.31. The summed E-state index contributed by atoms with van der Waals surface area (Å²) < 4.78 is 0. The van der Waals surface area contributed by atoms with E-state index in [4.69, 9.17) is 0 Å². The molecule has 1 heterocycles. The summed E-state index contributed by atoms with van der Waals surface area (Å²) >= 11 is 0. The van der Waals surface area contributed by atoms with Crippen molar-refractivity contribution in [1.82, 2.24) is 4.90 Å². The van der Waals surface area contributed by atoms with E-state index >= 15 is 0 Å². The highest BCUT2D eigenvalue weighted by atomic mass is 15.1. The molecule has 0 atom stereocenters. The van der Waals surface area contributed by atoms with Gasteiger partial charge in [-0.25, -0.2) is 0 Å². The van der Waals surface area contributed by atoms with Crippen LogP contribution in [0, 0.1) is 13.8 Å². The molecule has 0 aromatic heterocycles. The fourth-order valence-corrected chi connectivity index (χ4v) is 3.47. The van der Waals surface area contributed by atoms with E-state index in [1.807, 2.05) is 40.7 Å². The van der Waals surface area contributed by atoms with Crippen LogP contribution in [0.25, 0.3) is 17.7 Å². The molecule has 0 amide bonds. The zero-order valence-electron chi connectivity index (χ0n) is 25.0. The maximum absolute atomic E-state index is 4.31. The second-order valence-corrected chi connectivity index (χ2v) is 9.57. The molecule has 1 fully saturated rings. The third-order valence-corrected chi connectivity index (χ3v) is 5.94. The predicted molar refractivity (Wildman–Crippen MR) is 172 cm³/mol. The molecule has 0 spiro atoms. The average Bonchev–Trinajstić information content (AvgIpc) is 3.41. The highest BCUT2D eigenvalue weighted by Gasteiger charge is 2.17. The molecular formula is C36H51N. The fraction of sp³-hybridized carbons (Fsp3) is 0.333. The van der Waals surface area contributed by atoms with Gasteiger partial charge in [0.2, 0.25) is 0 Å². The zero-order valence-corrected chi connectivity index (χ0v) is 25.0. The first-order valence-corrected chi connectivity index (χ1v) is 13.4. The van der Waals surface area contributed by atoms with Gasteiger partial charge in [-0.2, -0.15) is 0 Å². The van der Waals surface area contributed by atoms with Gasteiger partial charge in [0.05, 0.1) is 0 Å². The van der Waals surface area contributed by atoms with Crippen LogP contribution >= 0.6 is 0 Å². The summed E-state index contributed by atoms with van der Waals surface area (Å²) in [5.41, 5.74) is 11.6. The fourth-order valence-electron chi connectivity index (χ4n) is 3.47. The number of hydrogen-bond acceptors (Lipinski definition) is 1. The second kappa shape index (κ2) is 18.0. The molecule has 0 unspecified atom stereocenters. The standard InChI is InChI=1S/C22H27N.C8H10.C4H8.C2H6/c1-7-21-11-10-20(14-17(4)16(2)3)15-22(21)18(5)19(6)23-12-8-9-13-23;1-7-5-3-4-6-8(7)2;1-4(2)3;1-2/h7,10-11,14-15H,1-2,5-6,8-9,12-13H2,3-4H3;3-6H,1-2H3;1H2,2-3H3;1-2H3/b17-14+;;;. The van der Waals surface area contributed by atoms with Crippen LogP contribution in [0.15, 0.2) is 97.8 Å². The Kier molecular flexibility index (Phi) is 16.4. The van der Waals surface area contributed by atoms with Crippen molar-refractivity contribution in [3.63, 3.8) is 0 Å². The van der Waals surface area contributed by atoms with E-state index in [1.165, 1.54) is 35.1 Å². The van der Waals surface area contributed by atoms with Crippen LogP contribution in [-0.4, -0.2) is 18.0 Å². The molecule has 0 aliphatic carbocycles. The largest absolute Gasteiger partial charge is 0.372 e. The second-order valence-electron chi connectivity index (χ2n) is 9.57. The third kappa shape index (κ3) is 12.5. The van der Waals surface area contributed by atoms with Crippen molar-refractivity contribution in [2.75, 3.05) is 13.1 Å². The first-order valence-electron chi connectivity index (χ1n) is 13.4. The molecule has 1 nitrogen and oxygen atoms in total. The quantitative estimate of drug-likeness (QED) is 0.283. The van der Waals surface area contributed by atoms with Crippen LogP contribution in [0.4, 0.5) is 0 Å². The molecule has 0 bridgehead atoms. The Morgan fingerprint density at radius 2 is 1.30 bits per heavy atom. The SMILES string of the molecule is C=C(C)C.C=Cc1ccc(/C=C(\C)C(=C)C)cc1C(=C)C(=C)N1CCCC1.CC.Cc1ccccc1C. The smallest absolute Gasteiger partial charge is 0.0367 e. The van der Waals surface area contributed by atoms with E-state index in [0.29, 0.717) is 0 Å². The van der Waals surface area contributed by atoms with Gasteiger partial charge in [-0.05, 0) is 99.4 Å². The molecule has 2 aromatic carbocycles. The van der Waals surface area contributed by atoms with E-state index < -0.39 is 0 Å². The lowest BCUT2D eigenvalue weighted by atomic mass is 9.95. The molecule has 0 N–H and O–H groups in total. The van der Waals surface area contributed by atoms with Crippen LogP contribution < -0.4 is 0 Å². The van der Waals surface area contributed by atoms with Gasteiger partial charge in [-0.1, -0.05) is 99.9 Å². The average molecular weight is 498 g/mol. The minimum atomic E-state index is 0.991. The van der Waals surface area contributed by atoms with E-state index in [9.17, 15) is 0 Å². The summed E-state index contributed by atoms with van der Waals surface area (Å²) in [5.74, 6) is 0. The summed E-state index contributed by atoms with van der Waals surface area (Å²) in [6, 6.07) is 14.7. The van der Waals surface area contributed by atoms with Crippen molar-refractivity contribution < 1.29 is 0 Å². The number of hydrogen-bond donors (Lipinski definition) is 0. The summed E-state index contributed by atoms with van der Waals surface area (Å²) in [5, 5.41) is 0. The van der Waals surface area contributed by atoms with Crippen molar-refractivity contribution in [1.29, 1.82) is 0 Å². The third-order valence-electron chi connectivity index (χ3n) is 5.94. The van der Waals surface area contributed by atoms with Gasteiger partial charge in [0.1, 0.15) is 0 Å². The number of allylic oxidation sites excluding steroid dienone is 4. The van der Waals surface area contributed by atoms with E-state index in [0.717, 1.165) is 46.6 Å². The molecule has 0 radical (unpaired) electrons. The Morgan fingerprint density at radius 3 is 1.70 bits per heavy atom. The highest BCUT2D eigenvalue weighted by Crippen LogP contribution is 2.30. The van der Waals surface area contributed by atoms with Gasteiger partial charge < -0.3 is 4.90 Å². The van der Waals surface area contributed by atoms with Crippen molar-refractivity contribution in [3.8, 4) is 0 Å². The molecule has 2 aromatic rings. The minimum Gasteiger partial charge on any atom is -0.372 e. The van der Waals surface area contributed by atoms with Crippen molar-refractivity contribution in [2.24, 2.45) is 0 Å². The predicted octanol–water partition coefficient (Wildman–Crippen LogP) is 10.8. The summed E-state index contributed by atoms with van der Waals surface area (Å²) in [6.07, 6.45) is 6.52. The van der Waals surface area contributed by atoms with Gasteiger partial charge in [0.25, 0.3) is 0 Å². The molecule has 37 heavy (non-hydrogen) atoms. The van der Waals surface area contributed by atoms with E-state index in [2.05, 4.69) is 107 Å². The molecule has 1 heteroatoms. The Hall–Kier alpha value is -3.32. The topological polar surface area (TPSA) is 3.24 Å². The molecule has 3 rings (SSSR count). The number of nitrogens with zero attached hydrogens (tertiary/aromatic N) is 1. The lowest BCUT2D eigenvalue weighted by molar-refractivity contribution is 0.446. The monoisotopic (exact) mass is 497 g/mol. The van der Waals surface area contributed by atoms with Crippen LogP contribution in [0.2, 0.25) is 0 Å². The summed E-state index contributed by atoms with van der Waals surface area (Å²) in [4.78, 5) is 2.33. The molecular weight excluding hydrogens is 446 g/mol. The minimum absolute atomic E-state index is 0.991. The number of likely N-dealkylation sites (tertiary alicyclic amines) is 1. The Labute approximate surface area is 229 Å². The van der Waals surface area contributed by atoms with Gasteiger partial charge >= 0.3 is 0 Å². The Morgan fingerprint density at radius 1 is 0.811 bits per heavy atom. The maximum Gasteiger partial charge on any atom is 0.0367 e. The lowest BCUT2D eigenvalue weighted by Gasteiger charge is -2.23. The number of aryl methyl sites for hydroxylation is 2. The van der Waals surface area contributed by atoms with Crippen LogP contribution in [0.5, 0.6) is 0 Å². The molecule has 1 saturated heterocycles. The number of benzene rings is 2. The zero-order chi connectivity index (χ0) is 28.5. The van der Waals surface area contributed by atoms with Crippen molar-refractivity contribution >= 4 is 17.7 Å². The molecule has 200 valence electrons. The van der Waals surface area contributed by atoms with Crippen LogP contribution in [0.3, 0.4) is 0 Å². The van der Waals surface area contributed by atoms with Crippen LogP contribution in [-0.2, 0) is 0 Å². The number of rotatable bonds is 6. The Bertz CT molecular complexity index is 1060. The molecule has 1 aliphatic rings. The van der Waals surface area contributed by atoms with Gasteiger partial charge in [0, 0.05) is 18.8 Å². The van der Waals surface area contributed by atoms with Gasteiger partial charge in [-0.15, -0.1) is 6.58 Å². The summed E-state index contributed by atoms with van der Waals surface area (Å²) in [6.45, 7) is 38.5. The Balaban J connectivity index is 0.000000759. The van der Waals surface area contributed by atoms with Crippen molar-refractivity contribution in [2.45, 2.75) is 68.2 Å². The van der Waals surface area contributed by atoms with Gasteiger partial charge in [-0.3, -0.25) is 0 Å². The van der Waals surface area contributed by atoms with Crippen LogP contribution in [0.1, 0.15) is 82.2 Å². The van der Waals surface area contributed by atoms with Gasteiger partial charge in [0.15, 0.2) is 0 Å². The molecule has 0 saturated carbocycles. The first kappa shape index (κ1) is 33.7. The van der Waals surface area contributed by atoms with E-state index in [1.54, 1.807) is 0 Å². The van der Waals surface area contributed by atoms with Crippen molar-refractivity contribution in [3.05, 3.63) is 126 Å². The first-order chi connectivity index (χ1) is 17.5. The summed E-state index contributed by atoms with van der Waals surface area (Å²) in [7, 11) is 0. The highest BCUT2D eigenvalue weighted by molar-refractivity contribution is 5.83. The normalized spacial score (nSPS) is 12.0. The molecule has 1 aliphatic heterocycles. The van der Waals surface area contributed by atoms with E-state index in [-0.39, 0.29) is 0 Å². The lowest BCUT2D eigenvalue weighted by Crippen LogP contribution is -2.18.